The molecule has 3 atom stereocenters. The summed E-state index contributed by atoms with van der Waals surface area (Å²) in [5.41, 5.74) is 1.04. The van der Waals surface area contributed by atoms with E-state index in [0.29, 0.717) is 35.8 Å². The number of hydrogen-bond acceptors (Lipinski definition) is 4. The van der Waals surface area contributed by atoms with Crippen molar-refractivity contribution in [1.82, 2.24) is 14.3 Å². The molecule has 1 fully saturated rings. The molecule has 2 aliphatic rings. The summed E-state index contributed by atoms with van der Waals surface area (Å²) < 4.78 is 51.2. The molecular formula is C19H18Cl2F3N3OS. The molecule has 10 heteroatoms. The predicted molar refractivity (Wildman–Crippen MR) is 109 cm³/mol. The second-order valence-electron chi connectivity index (χ2n) is 7.20. The van der Waals surface area contributed by atoms with Gasteiger partial charge < -0.3 is 14.0 Å². The zero-order valence-electron chi connectivity index (χ0n) is 15.4. The normalized spacial score (nSPS) is 25.9. The van der Waals surface area contributed by atoms with E-state index in [1.165, 1.54) is 28.8 Å². The van der Waals surface area contributed by atoms with Crippen molar-refractivity contribution in [1.29, 1.82) is 0 Å². The first kappa shape index (κ1) is 21.1. The number of aromatic nitrogens is 2. The van der Waals surface area contributed by atoms with E-state index in [1.54, 1.807) is 0 Å². The van der Waals surface area contributed by atoms with Gasteiger partial charge in [0.15, 0.2) is 5.82 Å². The van der Waals surface area contributed by atoms with Crippen LogP contribution in [0.2, 0.25) is 5.02 Å². The average molecular weight is 464 g/mol. The first-order chi connectivity index (χ1) is 13.9. The first-order valence-electron chi connectivity index (χ1n) is 9.05. The van der Waals surface area contributed by atoms with Crippen molar-refractivity contribution in [3.8, 4) is 0 Å². The monoisotopic (exact) mass is 463 g/mol. The van der Waals surface area contributed by atoms with Gasteiger partial charge in [0.25, 0.3) is 0 Å². The molecular weight excluding hydrogens is 446 g/mol. The quantitative estimate of drug-likeness (QED) is 0.633. The molecule has 1 saturated heterocycles. The standard InChI is InChI=1S/C19H18Cl2F3N3OS/c1-26-2-3-28-10(8-26)4-16-19(18-13(22)5-11(29-21)6-14(18)23)25-17-7-12(20)15(24)9-27(16)17/h5-7,9-10,13,18H,2-4,8H2,1H3. The molecule has 156 valence electrons. The Morgan fingerprint density at radius 2 is 2.17 bits per heavy atom. The third-order valence-corrected chi connectivity index (χ3v) is 6.42. The Labute approximate surface area is 179 Å². The van der Waals surface area contributed by atoms with Crippen molar-refractivity contribution in [3.05, 3.63) is 57.4 Å². The van der Waals surface area contributed by atoms with Crippen LogP contribution < -0.4 is 0 Å². The van der Waals surface area contributed by atoms with E-state index in [2.05, 4.69) is 9.88 Å². The molecule has 4 nitrogen and oxygen atoms in total. The lowest BCUT2D eigenvalue weighted by Gasteiger charge is -2.30. The number of halogens is 5. The zero-order valence-corrected chi connectivity index (χ0v) is 17.7. The highest BCUT2D eigenvalue weighted by Crippen LogP contribution is 2.41. The maximum Gasteiger partial charge on any atom is 0.158 e. The van der Waals surface area contributed by atoms with Crippen LogP contribution in [0.15, 0.2) is 35.1 Å². The number of rotatable bonds is 4. The van der Waals surface area contributed by atoms with Crippen molar-refractivity contribution in [2.45, 2.75) is 24.6 Å². The minimum absolute atomic E-state index is 0.105. The summed E-state index contributed by atoms with van der Waals surface area (Å²) in [4.78, 5) is 6.83. The van der Waals surface area contributed by atoms with Crippen molar-refractivity contribution in [3.63, 3.8) is 0 Å². The van der Waals surface area contributed by atoms with Crippen LogP contribution in [-0.2, 0) is 11.2 Å². The lowest BCUT2D eigenvalue weighted by atomic mass is 9.91. The van der Waals surface area contributed by atoms with E-state index in [0.717, 1.165) is 17.5 Å². The van der Waals surface area contributed by atoms with Gasteiger partial charge in [-0.3, -0.25) is 0 Å². The van der Waals surface area contributed by atoms with Gasteiger partial charge in [0.2, 0.25) is 0 Å². The van der Waals surface area contributed by atoms with Gasteiger partial charge in [-0.25, -0.2) is 18.2 Å². The summed E-state index contributed by atoms with van der Waals surface area (Å²) in [6, 6.07) is 1.35. The molecule has 2 aromatic heterocycles. The van der Waals surface area contributed by atoms with Gasteiger partial charge in [-0.05, 0) is 40.9 Å². The van der Waals surface area contributed by atoms with E-state index in [9.17, 15) is 13.2 Å². The number of hydrogen-bond donors (Lipinski definition) is 0. The summed E-state index contributed by atoms with van der Waals surface area (Å²) in [6.45, 7) is 2.00. The summed E-state index contributed by atoms with van der Waals surface area (Å²) in [7, 11) is 8.38. The molecule has 1 aliphatic heterocycles. The lowest BCUT2D eigenvalue weighted by molar-refractivity contribution is -0.0192. The number of pyridine rings is 1. The summed E-state index contributed by atoms with van der Waals surface area (Å²) in [5, 5.41) is -0.105. The Morgan fingerprint density at radius 3 is 2.86 bits per heavy atom. The van der Waals surface area contributed by atoms with E-state index in [4.69, 9.17) is 27.0 Å². The molecule has 0 bridgehead atoms. The van der Waals surface area contributed by atoms with E-state index < -0.39 is 23.7 Å². The van der Waals surface area contributed by atoms with Crippen molar-refractivity contribution in [2.24, 2.45) is 0 Å². The summed E-state index contributed by atoms with van der Waals surface area (Å²) >= 11 is 5.90. The van der Waals surface area contributed by atoms with Crippen LogP contribution in [0.25, 0.3) is 5.65 Å². The van der Waals surface area contributed by atoms with Gasteiger partial charge in [-0.1, -0.05) is 11.6 Å². The van der Waals surface area contributed by atoms with E-state index in [1.807, 2.05) is 7.05 Å². The largest absolute Gasteiger partial charge is 0.375 e. The van der Waals surface area contributed by atoms with Crippen LogP contribution >= 0.6 is 33.3 Å². The Balaban J connectivity index is 1.80. The van der Waals surface area contributed by atoms with Gasteiger partial charge >= 0.3 is 0 Å². The fraction of sp³-hybridized carbons (Fsp3) is 0.421. The second-order valence-corrected chi connectivity index (χ2v) is 8.69. The van der Waals surface area contributed by atoms with E-state index in [-0.39, 0.29) is 16.8 Å². The number of alkyl halides is 1. The van der Waals surface area contributed by atoms with Gasteiger partial charge in [-0.15, -0.1) is 0 Å². The molecule has 0 amide bonds. The topological polar surface area (TPSA) is 29.8 Å². The maximum absolute atomic E-state index is 14.9. The van der Waals surface area contributed by atoms with Crippen LogP contribution in [0.5, 0.6) is 0 Å². The third-order valence-electron chi connectivity index (χ3n) is 5.16. The van der Waals surface area contributed by atoms with E-state index >= 15 is 0 Å². The van der Waals surface area contributed by atoms with Crippen LogP contribution in [-0.4, -0.2) is 53.3 Å². The SMILES string of the molecule is CN1CCOC(Cc2c(C3C(F)=CC(SCl)=CC3F)nc3cc(Cl)c(F)cn23)C1. The molecule has 0 N–H and O–H groups in total. The van der Waals surface area contributed by atoms with Crippen LogP contribution in [0.3, 0.4) is 0 Å². The first-order valence-corrected chi connectivity index (χ1v) is 11.1. The zero-order chi connectivity index (χ0) is 20.7. The summed E-state index contributed by atoms with van der Waals surface area (Å²) in [5.74, 6) is -2.55. The highest BCUT2D eigenvalue weighted by Gasteiger charge is 2.35. The smallest absolute Gasteiger partial charge is 0.158 e. The predicted octanol–water partition coefficient (Wildman–Crippen LogP) is 5.06. The molecule has 3 unspecified atom stereocenters. The Hall–Kier alpha value is -1.19. The second kappa shape index (κ2) is 8.51. The van der Waals surface area contributed by atoms with Gasteiger partial charge in [0.05, 0.1) is 29.3 Å². The third kappa shape index (κ3) is 4.18. The molecule has 0 aromatic carbocycles. The number of likely N-dealkylation sites (N-methyl/N-ethyl adjacent to an activating group) is 1. The van der Waals surface area contributed by atoms with Gasteiger partial charge in [-0.2, -0.15) is 0 Å². The fourth-order valence-electron chi connectivity index (χ4n) is 3.77. The molecule has 4 rings (SSSR count). The number of morpholine rings is 1. The lowest BCUT2D eigenvalue weighted by Crippen LogP contribution is -2.41. The minimum atomic E-state index is -1.65. The molecule has 0 radical (unpaired) electrons. The molecule has 2 aromatic rings. The number of nitrogens with zero attached hydrogens (tertiary/aromatic N) is 3. The maximum atomic E-state index is 14.9. The number of imidazole rings is 1. The number of fused-ring (bicyclic) bond motifs is 1. The highest BCUT2D eigenvalue weighted by atomic mass is 35.7. The molecule has 1 aliphatic carbocycles. The Bertz CT molecular complexity index is 997. The molecule has 0 saturated carbocycles. The fourth-order valence-corrected chi connectivity index (χ4v) is 4.55. The molecule has 29 heavy (non-hydrogen) atoms. The Morgan fingerprint density at radius 1 is 1.38 bits per heavy atom. The highest BCUT2D eigenvalue weighted by molar-refractivity contribution is 8.24. The molecule has 3 heterocycles. The number of allylic oxidation sites excluding steroid dienone is 3. The van der Waals surface area contributed by atoms with Crippen molar-refractivity contribution in [2.75, 3.05) is 26.7 Å². The van der Waals surface area contributed by atoms with Crippen molar-refractivity contribution >= 4 is 38.9 Å². The molecule has 0 spiro atoms. The number of ether oxygens (including phenoxy) is 1. The van der Waals surface area contributed by atoms with Crippen molar-refractivity contribution < 1.29 is 17.9 Å². The van der Waals surface area contributed by atoms with Crippen LogP contribution in [0, 0.1) is 5.82 Å². The van der Waals surface area contributed by atoms with Gasteiger partial charge in [0.1, 0.15) is 17.6 Å². The summed E-state index contributed by atoms with van der Waals surface area (Å²) in [6.07, 6.45) is 2.13. The van der Waals surface area contributed by atoms with Gasteiger partial charge in [0, 0.05) is 42.4 Å². The van der Waals surface area contributed by atoms with Crippen LogP contribution in [0.4, 0.5) is 13.2 Å². The van der Waals surface area contributed by atoms with Crippen LogP contribution in [0.1, 0.15) is 17.3 Å². The minimum Gasteiger partial charge on any atom is -0.375 e. The Kier molecular flexibility index (Phi) is 6.18. The average Bonchev–Trinajstić information content (AvgIpc) is 2.98.